The zero-order chi connectivity index (χ0) is 17.2. The smallest absolute Gasteiger partial charge is 0.230 e. The summed E-state index contributed by atoms with van der Waals surface area (Å²) in [4.78, 5) is 12.4. The van der Waals surface area contributed by atoms with Gasteiger partial charge in [0.2, 0.25) is 5.91 Å². The minimum atomic E-state index is 0.126. The summed E-state index contributed by atoms with van der Waals surface area (Å²) in [5.41, 5.74) is 1.21. The minimum Gasteiger partial charge on any atom is -0.352 e. The van der Waals surface area contributed by atoms with E-state index < -0.39 is 0 Å². The van der Waals surface area contributed by atoms with Crippen molar-refractivity contribution in [1.29, 1.82) is 0 Å². The molecule has 2 saturated carbocycles. The molecule has 0 unspecified atom stereocenters. The lowest BCUT2D eigenvalue weighted by atomic mass is 10.1. The molecule has 0 spiro atoms. The van der Waals surface area contributed by atoms with Crippen LogP contribution >= 0.6 is 11.8 Å². The molecule has 1 aromatic heterocycles. The maximum absolute atomic E-state index is 12.4. The standard InChI is InChI=1S/C19H24N4OS/c1-13-21-22-19(23(13)11-14-5-3-2-4-6-14)25-12-17(24)20-18(15-7-8-15)16-9-10-16/h2-6,15-16,18H,7-12H2,1H3,(H,20,24). The van der Waals surface area contributed by atoms with E-state index in [2.05, 4.69) is 32.2 Å². The summed E-state index contributed by atoms with van der Waals surface area (Å²) in [6.07, 6.45) is 5.11. The molecule has 0 aliphatic heterocycles. The first-order chi connectivity index (χ1) is 12.2. The third-order valence-corrected chi connectivity index (χ3v) is 5.97. The van der Waals surface area contributed by atoms with E-state index in [0.717, 1.165) is 29.4 Å². The molecule has 1 amide bonds. The van der Waals surface area contributed by atoms with Gasteiger partial charge in [-0.15, -0.1) is 10.2 Å². The molecular formula is C19H24N4OS. The van der Waals surface area contributed by atoms with Crippen molar-refractivity contribution >= 4 is 17.7 Å². The lowest BCUT2D eigenvalue weighted by Gasteiger charge is -2.17. The van der Waals surface area contributed by atoms with Crippen LogP contribution in [0, 0.1) is 18.8 Å². The molecule has 0 radical (unpaired) electrons. The van der Waals surface area contributed by atoms with Gasteiger partial charge in [0.15, 0.2) is 5.16 Å². The van der Waals surface area contributed by atoms with Gasteiger partial charge in [0.05, 0.1) is 12.3 Å². The van der Waals surface area contributed by atoms with Crippen LogP contribution in [-0.4, -0.2) is 32.5 Å². The Bertz CT molecular complexity index is 725. The SMILES string of the molecule is Cc1nnc(SCC(=O)NC(C2CC2)C2CC2)n1Cc1ccccc1. The Morgan fingerprint density at radius 2 is 1.88 bits per heavy atom. The zero-order valence-electron chi connectivity index (χ0n) is 14.5. The van der Waals surface area contributed by atoms with Crippen LogP contribution in [0.4, 0.5) is 0 Å². The Kier molecular flexibility index (Phi) is 4.79. The van der Waals surface area contributed by atoms with Gasteiger partial charge in [-0.2, -0.15) is 0 Å². The third kappa shape index (κ3) is 4.24. The van der Waals surface area contributed by atoms with Gasteiger partial charge in [0, 0.05) is 6.04 Å². The van der Waals surface area contributed by atoms with Gasteiger partial charge < -0.3 is 9.88 Å². The molecule has 0 bridgehead atoms. The molecule has 25 heavy (non-hydrogen) atoms. The molecule has 2 aromatic rings. The Hall–Kier alpha value is -1.82. The number of rotatable bonds is 8. The van der Waals surface area contributed by atoms with E-state index in [1.54, 1.807) is 0 Å². The van der Waals surface area contributed by atoms with Crippen molar-refractivity contribution in [3.05, 3.63) is 41.7 Å². The Balaban J connectivity index is 1.35. The summed E-state index contributed by atoms with van der Waals surface area (Å²) in [7, 11) is 0. The van der Waals surface area contributed by atoms with Crippen molar-refractivity contribution < 1.29 is 4.79 Å². The molecule has 6 heteroatoms. The number of nitrogens with one attached hydrogen (secondary N) is 1. The highest BCUT2D eigenvalue weighted by atomic mass is 32.2. The first kappa shape index (κ1) is 16.6. The Morgan fingerprint density at radius 1 is 1.20 bits per heavy atom. The highest BCUT2D eigenvalue weighted by Gasteiger charge is 2.42. The average Bonchev–Trinajstić information content (AvgIpc) is 3.53. The van der Waals surface area contributed by atoms with Gasteiger partial charge in [-0.3, -0.25) is 4.79 Å². The number of aromatic nitrogens is 3. The maximum Gasteiger partial charge on any atom is 0.230 e. The number of amides is 1. The third-order valence-electron chi connectivity index (χ3n) is 5.01. The quantitative estimate of drug-likeness (QED) is 0.739. The number of hydrogen-bond acceptors (Lipinski definition) is 4. The molecule has 2 fully saturated rings. The molecule has 2 aliphatic rings. The fraction of sp³-hybridized carbons (Fsp3) is 0.526. The molecule has 1 aromatic carbocycles. The van der Waals surface area contributed by atoms with Crippen LogP contribution in [-0.2, 0) is 11.3 Å². The fourth-order valence-corrected chi connectivity index (χ4v) is 4.10. The summed E-state index contributed by atoms with van der Waals surface area (Å²) in [5, 5.41) is 12.5. The van der Waals surface area contributed by atoms with Crippen LogP contribution in [0.2, 0.25) is 0 Å². The van der Waals surface area contributed by atoms with Crippen molar-refractivity contribution in [3.63, 3.8) is 0 Å². The summed E-state index contributed by atoms with van der Waals surface area (Å²) < 4.78 is 2.08. The van der Waals surface area contributed by atoms with E-state index in [4.69, 9.17) is 0 Å². The second-order valence-corrected chi connectivity index (χ2v) is 8.10. The molecule has 132 valence electrons. The molecule has 4 rings (SSSR count). The lowest BCUT2D eigenvalue weighted by molar-refractivity contribution is -0.119. The number of nitrogens with zero attached hydrogens (tertiary/aromatic N) is 3. The number of aryl methyl sites for hydroxylation is 1. The van der Waals surface area contributed by atoms with Gasteiger partial charge in [-0.25, -0.2) is 0 Å². The van der Waals surface area contributed by atoms with Gasteiger partial charge in [0.25, 0.3) is 0 Å². The van der Waals surface area contributed by atoms with Crippen LogP contribution in [0.15, 0.2) is 35.5 Å². The van der Waals surface area contributed by atoms with E-state index in [1.807, 2.05) is 25.1 Å². The van der Waals surface area contributed by atoms with Crippen molar-refractivity contribution in [2.45, 2.75) is 50.4 Å². The number of carbonyl (C=O) groups is 1. The molecule has 5 nitrogen and oxygen atoms in total. The molecule has 1 N–H and O–H groups in total. The number of carbonyl (C=O) groups excluding carboxylic acids is 1. The van der Waals surface area contributed by atoms with Crippen LogP contribution in [0.5, 0.6) is 0 Å². The summed E-state index contributed by atoms with van der Waals surface area (Å²) in [6, 6.07) is 10.7. The van der Waals surface area contributed by atoms with Gasteiger partial charge in [-0.05, 0) is 50.0 Å². The summed E-state index contributed by atoms with van der Waals surface area (Å²) in [6.45, 7) is 2.69. The highest BCUT2D eigenvalue weighted by Crippen LogP contribution is 2.44. The van der Waals surface area contributed by atoms with Crippen molar-refractivity contribution in [1.82, 2.24) is 20.1 Å². The predicted molar refractivity (Wildman–Crippen MR) is 98.4 cm³/mol. The second-order valence-electron chi connectivity index (χ2n) is 7.16. The van der Waals surface area contributed by atoms with E-state index >= 15 is 0 Å². The predicted octanol–water partition coefficient (Wildman–Crippen LogP) is 3.03. The van der Waals surface area contributed by atoms with Crippen molar-refractivity contribution in [2.24, 2.45) is 11.8 Å². The summed E-state index contributed by atoms with van der Waals surface area (Å²) in [5.74, 6) is 2.86. The van der Waals surface area contributed by atoms with E-state index in [0.29, 0.717) is 11.8 Å². The van der Waals surface area contributed by atoms with E-state index in [1.165, 1.54) is 43.0 Å². The Labute approximate surface area is 152 Å². The monoisotopic (exact) mass is 356 g/mol. The van der Waals surface area contributed by atoms with Gasteiger partial charge >= 0.3 is 0 Å². The van der Waals surface area contributed by atoms with Crippen LogP contribution < -0.4 is 5.32 Å². The largest absolute Gasteiger partial charge is 0.352 e. The van der Waals surface area contributed by atoms with Crippen LogP contribution in [0.25, 0.3) is 0 Å². The highest BCUT2D eigenvalue weighted by molar-refractivity contribution is 7.99. The first-order valence-corrected chi connectivity index (χ1v) is 10.0. The van der Waals surface area contributed by atoms with Gasteiger partial charge in [0.1, 0.15) is 5.82 Å². The van der Waals surface area contributed by atoms with E-state index in [9.17, 15) is 4.79 Å². The first-order valence-electron chi connectivity index (χ1n) is 9.06. The van der Waals surface area contributed by atoms with Crippen molar-refractivity contribution in [2.75, 3.05) is 5.75 Å². The fourth-order valence-electron chi connectivity index (χ4n) is 3.31. The average molecular weight is 356 g/mol. The maximum atomic E-state index is 12.4. The number of hydrogen-bond donors (Lipinski definition) is 1. The van der Waals surface area contributed by atoms with Crippen LogP contribution in [0.1, 0.15) is 37.1 Å². The second kappa shape index (κ2) is 7.20. The molecule has 0 saturated heterocycles. The molecule has 2 aliphatic carbocycles. The molecule has 0 atom stereocenters. The van der Waals surface area contributed by atoms with E-state index in [-0.39, 0.29) is 5.91 Å². The topological polar surface area (TPSA) is 59.8 Å². The lowest BCUT2D eigenvalue weighted by Crippen LogP contribution is -2.39. The number of benzene rings is 1. The molecular weight excluding hydrogens is 332 g/mol. The Morgan fingerprint density at radius 3 is 2.52 bits per heavy atom. The van der Waals surface area contributed by atoms with Crippen LogP contribution in [0.3, 0.4) is 0 Å². The number of thioether (sulfide) groups is 1. The normalized spacial score (nSPS) is 17.0. The van der Waals surface area contributed by atoms with Gasteiger partial charge in [-0.1, -0.05) is 42.1 Å². The molecule has 1 heterocycles. The minimum absolute atomic E-state index is 0.126. The summed E-state index contributed by atoms with van der Waals surface area (Å²) >= 11 is 1.48. The zero-order valence-corrected chi connectivity index (χ0v) is 15.3. The van der Waals surface area contributed by atoms with Crippen molar-refractivity contribution in [3.8, 4) is 0 Å².